The summed E-state index contributed by atoms with van der Waals surface area (Å²) in [6, 6.07) is 5.55. The first-order valence-electron chi connectivity index (χ1n) is 6.22. The Balaban J connectivity index is 1.83. The van der Waals surface area contributed by atoms with Gasteiger partial charge in [-0.1, -0.05) is 4.68 Å². The van der Waals surface area contributed by atoms with E-state index in [1.54, 1.807) is 7.05 Å². The van der Waals surface area contributed by atoms with E-state index in [0.717, 1.165) is 0 Å². The van der Waals surface area contributed by atoms with Crippen LogP contribution in [0.2, 0.25) is 0 Å². The van der Waals surface area contributed by atoms with E-state index in [0.29, 0.717) is 16.5 Å². The van der Waals surface area contributed by atoms with Crippen LogP contribution in [0.5, 0.6) is 0 Å². The lowest BCUT2D eigenvalue weighted by molar-refractivity contribution is -0.772. The third-order valence-electron chi connectivity index (χ3n) is 2.68. The maximum Gasteiger partial charge on any atom is 0.441 e. The Kier molecular flexibility index (Phi) is 4.94. The summed E-state index contributed by atoms with van der Waals surface area (Å²) in [6.07, 6.45) is 0.187. The molecule has 0 aliphatic carbocycles. The number of amides is 1. The minimum Gasteiger partial charge on any atom is -0.326 e. The number of nitrogens with one attached hydrogen (secondary N) is 2. The Morgan fingerprint density at radius 3 is 2.68 bits per heavy atom. The number of non-ortho nitro benzene ring substituents is 1. The number of H-pyrrole nitrogens is 1. The number of benzene rings is 1. The monoisotopic (exact) mass is 325 g/mol. The lowest BCUT2D eigenvalue weighted by Gasteiger charge is -2.03. The van der Waals surface area contributed by atoms with Gasteiger partial charge in [-0.15, -0.1) is 0 Å². The standard InChI is InChI=1S/C12H12N4O5S/c1-15-11(12(18)21-14-15)22-7-6-10(17)13-8-2-4-9(5-3-8)16(19)20/h2-5H,6-7H2,1H3,(H-,13,14,17,18)/p+1. The second kappa shape index (κ2) is 6.89. The molecule has 0 aliphatic heterocycles. The van der Waals surface area contributed by atoms with E-state index in [1.165, 1.54) is 40.7 Å². The summed E-state index contributed by atoms with van der Waals surface area (Å²) in [6.45, 7) is 0. The third-order valence-corrected chi connectivity index (χ3v) is 3.81. The highest BCUT2D eigenvalue weighted by atomic mass is 32.2. The van der Waals surface area contributed by atoms with Gasteiger partial charge in [0.25, 0.3) is 5.69 Å². The maximum absolute atomic E-state index is 11.8. The molecule has 0 spiro atoms. The highest BCUT2D eigenvalue weighted by molar-refractivity contribution is 7.99. The van der Waals surface area contributed by atoms with Crippen molar-refractivity contribution in [3.05, 3.63) is 44.8 Å². The second-order valence-corrected chi connectivity index (χ2v) is 5.38. The van der Waals surface area contributed by atoms with Crippen LogP contribution < -0.4 is 15.6 Å². The molecule has 0 unspecified atom stereocenters. The molecule has 0 saturated carbocycles. The number of carbonyl (C=O) groups is 1. The van der Waals surface area contributed by atoms with Gasteiger partial charge in [0.05, 0.1) is 4.92 Å². The van der Waals surface area contributed by atoms with Crippen LogP contribution in [0, 0.1) is 10.1 Å². The van der Waals surface area contributed by atoms with Crippen molar-refractivity contribution in [1.29, 1.82) is 0 Å². The number of hydrogen-bond donors (Lipinski definition) is 2. The van der Waals surface area contributed by atoms with Gasteiger partial charge in [0.1, 0.15) is 0 Å². The Morgan fingerprint density at radius 1 is 1.45 bits per heavy atom. The minimum atomic E-state index is -0.509. The number of carbonyl (C=O) groups excluding carboxylic acids is 1. The van der Waals surface area contributed by atoms with E-state index in [4.69, 9.17) is 0 Å². The zero-order valence-electron chi connectivity index (χ0n) is 11.6. The van der Waals surface area contributed by atoms with Crippen LogP contribution in [0.15, 0.2) is 38.6 Å². The molecule has 2 rings (SSSR count). The van der Waals surface area contributed by atoms with E-state index >= 15 is 0 Å². The van der Waals surface area contributed by atoms with Crippen LogP contribution >= 0.6 is 11.8 Å². The zero-order chi connectivity index (χ0) is 16.1. The molecule has 1 amide bonds. The quantitative estimate of drug-likeness (QED) is 0.351. The molecule has 0 saturated heterocycles. The van der Waals surface area contributed by atoms with Gasteiger partial charge in [-0.25, -0.2) is 4.79 Å². The molecule has 1 aromatic heterocycles. The van der Waals surface area contributed by atoms with Gasteiger partial charge >= 0.3 is 10.7 Å². The number of nitrogens with zero attached hydrogens (tertiary/aromatic N) is 2. The van der Waals surface area contributed by atoms with Crippen LogP contribution in [0.1, 0.15) is 6.42 Å². The molecule has 0 aliphatic rings. The topological polar surface area (TPSA) is 122 Å². The van der Waals surface area contributed by atoms with Gasteiger partial charge in [0, 0.05) is 30.0 Å². The molecule has 0 radical (unpaired) electrons. The van der Waals surface area contributed by atoms with E-state index in [1.807, 2.05) is 0 Å². The summed E-state index contributed by atoms with van der Waals surface area (Å²) < 4.78 is 6.02. The Morgan fingerprint density at radius 2 is 2.14 bits per heavy atom. The largest absolute Gasteiger partial charge is 0.441 e. The molecule has 0 bridgehead atoms. The van der Waals surface area contributed by atoms with Crippen LogP contribution in [0.3, 0.4) is 0 Å². The smallest absolute Gasteiger partial charge is 0.326 e. The van der Waals surface area contributed by atoms with E-state index in [2.05, 4.69) is 15.1 Å². The minimum absolute atomic E-state index is 0.0414. The number of aryl methyl sites for hydroxylation is 1. The van der Waals surface area contributed by atoms with Crippen molar-refractivity contribution in [3.63, 3.8) is 0 Å². The zero-order valence-corrected chi connectivity index (χ0v) is 12.4. The van der Waals surface area contributed by atoms with Crippen molar-refractivity contribution in [2.75, 3.05) is 11.1 Å². The van der Waals surface area contributed by atoms with Crippen LogP contribution in [0.4, 0.5) is 11.4 Å². The van der Waals surface area contributed by atoms with Gasteiger partial charge in [0.2, 0.25) is 5.91 Å². The number of aromatic amines is 1. The predicted molar refractivity (Wildman–Crippen MR) is 77.6 cm³/mol. The van der Waals surface area contributed by atoms with Gasteiger partial charge < -0.3 is 5.32 Å². The number of thioether (sulfide) groups is 1. The van der Waals surface area contributed by atoms with Crippen molar-refractivity contribution >= 4 is 29.0 Å². The van der Waals surface area contributed by atoms with Crippen molar-refractivity contribution in [2.45, 2.75) is 11.4 Å². The van der Waals surface area contributed by atoms with E-state index in [9.17, 15) is 19.7 Å². The Bertz CT molecular complexity index is 737. The first kappa shape index (κ1) is 15.8. The summed E-state index contributed by atoms with van der Waals surface area (Å²) in [5, 5.41) is 15.9. The van der Waals surface area contributed by atoms with Crippen LogP contribution in [-0.4, -0.2) is 21.9 Å². The summed E-state index contributed by atoms with van der Waals surface area (Å²) in [4.78, 5) is 33.1. The van der Waals surface area contributed by atoms with E-state index in [-0.39, 0.29) is 18.0 Å². The predicted octanol–water partition coefficient (Wildman–Crippen LogP) is 0.821. The highest BCUT2D eigenvalue weighted by Crippen LogP contribution is 2.16. The van der Waals surface area contributed by atoms with Crippen molar-refractivity contribution < 1.29 is 18.9 Å². The summed E-state index contributed by atoms with van der Waals surface area (Å²) >= 11 is 1.20. The molecule has 116 valence electrons. The normalized spacial score (nSPS) is 10.4. The molecule has 2 N–H and O–H groups in total. The fraction of sp³-hybridized carbons (Fsp3) is 0.250. The molecule has 0 atom stereocenters. The second-order valence-electron chi connectivity index (χ2n) is 4.30. The third kappa shape index (κ3) is 3.95. The average molecular weight is 325 g/mol. The SMILES string of the molecule is C[n+]1[nH]oc(=O)c1SCCC(=O)Nc1ccc([N+](=O)[O-])cc1. The summed E-state index contributed by atoms with van der Waals surface area (Å²) in [5.74, 6) is 0.152. The first-order chi connectivity index (χ1) is 10.5. The van der Waals surface area contributed by atoms with Gasteiger partial charge in [-0.05, 0) is 29.2 Å². The molecule has 0 fully saturated rings. The number of rotatable bonds is 6. The molecule has 2 aromatic rings. The maximum atomic E-state index is 11.8. The highest BCUT2D eigenvalue weighted by Gasteiger charge is 2.18. The Hall–Kier alpha value is -2.62. The Labute approximate surface area is 128 Å². The van der Waals surface area contributed by atoms with Crippen LogP contribution in [-0.2, 0) is 11.8 Å². The van der Waals surface area contributed by atoms with Gasteiger partial charge in [-0.3, -0.25) is 19.4 Å². The average Bonchev–Trinajstić information content (AvgIpc) is 2.79. The van der Waals surface area contributed by atoms with E-state index < -0.39 is 10.5 Å². The van der Waals surface area contributed by atoms with Crippen LogP contribution in [0.25, 0.3) is 0 Å². The first-order valence-corrected chi connectivity index (χ1v) is 7.20. The number of hydrogen-bond acceptors (Lipinski definition) is 6. The molecular formula is C12H13N4O5S+. The molecular weight excluding hydrogens is 312 g/mol. The fourth-order valence-electron chi connectivity index (χ4n) is 1.62. The molecule has 1 aromatic carbocycles. The molecule has 10 heteroatoms. The number of nitro groups is 1. The number of nitro benzene ring substituents is 1. The number of anilines is 1. The van der Waals surface area contributed by atoms with Gasteiger partial charge in [0.15, 0.2) is 7.05 Å². The van der Waals surface area contributed by atoms with Crippen molar-refractivity contribution in [1.82, 2.24) is 5.27 Å². The molecule has 9 nitrogen and oxygen atoms in total. The summed E-state index contributed by atoms with van der Waals surface area (Å²) in [5.41, 5.74) is -0.0455. The van der Waals surface area contributed by atoms with Crippen molar-refractivity contribution in [2.24, 2.45) is 7.05 Å². The van der Waals surface area contributed by atoms with Gasteiger partial charge in [-0.2, -0.15) is 0 Å². The van der Waals surface area contributed by atoms with Crippen molar-refractivity contribution in [3.8, 4) is 0 Å². The fourth-order valence-corrected chi connectivity index (χ4v) is 2.49. The molecule has 22 heavy (non-hydrogen) atoms. The molecule has 1 heterocycles. The lowest BCUT2D eigenvalue weighted by atomic mass is 10.3. The summed E-state index contributed by atoms with van der Waals surface area (Å²) in [7, 11) is 1.63. The lowest BCUT2D eigenvalue weighted by Crippen LogP contribution is -2.33. The number of aromatic nitrogens is 2.